The summed E-state index contributed by atoms with van der Waals surface area (Å²) in [6.07, 6.45) is 0. The lowest BCUT2D eigenvalue weighted by Gasteiger charge is -2.21. The van der Waals surface area contributed by atoms with Crippen LogP contribution in [-0.2, 0) is 0 Å². The molecule has 0 bridgehead atoms. The van der Waals surface area contributed by atoms with Gasteiger partial charge in [0.25, 0.3) is 0 Å². The number of benzene rings is 2. The largest absolute Gasteiger partial charge is 0.113 e. The lowest BCUT2D eigenvalue weighted by atomic mass is 9.89. The molecule has 2 aromatic rings. The average Bonchev–Trinajstić information content (AvgIpc) is 2.39. The lowest BCUT2D eigenvalue weighted by molar-refractivity contribution is 1.04. The molecule has 20 heavy (non-hydrogen) atoms. The van der Waals surface area contributed by atoms with Crippen molar-refractivity contribution < 1.29 is 0 Å². The van der Waals surface area contributed by atoms with Gasteiger partial charge in [-0.05, 0) is 74.1 Å². The highest BCUT2D eigenvalue weighted by Gasteiger charge is 2.20. The van der Waals surface area contributed by atoms with Crippen molar-refractivity contribution in [3.8, 4) is 0 Å². The van der Waals surface area contributed by atoms with Crippen LogP contribution in [0.3, 0.4) is 0 Å². The van der Waals surface area contributed by atoms with E-state index in [4.69, 9.17) is 11.6 Å². The molecule has 0 heterocycles. The van der Waals surface area contributed by atoms with Crippen molar-refractivity contribution in [1.82, 2.24) is 0 Å². The van der Waals surface area contributed by atoms with Gasteiger partial charge in [-0.15, -0.1) is 11.6 Å². The van der Waals surface area contributed by atoms with Crippen molar-refractivity contribution in [1.29, 1.82) is 0 Å². The summed E-state index contributed by atoms with van der Waals surface area (Å²) in [5.41, 5.74) is 8.81. The number of halogens is 2. The minimum atomic E-state index is -0.122. The summed E-state index contributed by atoms with van der Waals surface area (Å²) in [4.78, 5) is 0. The second kappa shape index (κ2) is 5.91. The van der Waals surface area contributed by atoms with Crippen LogP contribution < -0.4 is 0 Å². The summed E-state index contributed by atoms with van der Waals surface area (Å²) in [6.45, 7) is 10.7. The Morgan fingerprint density at radius 3 is 2.00 bits per heavy atom. The van der Waals surface area contributed by atoms with Crippen LogP contribution >= 0.6 is 27.5 Å². The molecule has 0 fully saturated rings. The number of alkyl halides is 1. The van der Waals surface area contributed by atoms with Crippen molar-refractivity contribution in [3.63, 3.8) is 0 Å². The Morgan fingerprint density at radius 1 is 0.900 bits per heavy atom. The molecule has 106 valence electrons. The third kappa shape index (κ3) is 2.80. The van der Waals surface area contributed by atoms with Gasteiger partial charge in [-0.2, -0.15) is 0 Å². The number of hydrogen-bond donors (Lipinski definition) is 0. The van der Waals surface area contributed by atoms with E-state index in [0.717, 1.165) is 10.0 Å². The second-order valence-electron chi connectivity index (χ2n) is 5.56. The molecule has 0 aromatic heterocycles. The first-order valence-electron chi connectivity index (χ1n) is 6.80. The predicted octanol–water partition coefficient (Wildman–Crippen LogP) is 6.32. The maximum Gasteiger partial charge on any atom is 0.0851 e. The summed E-state index contributed by atoms with van der Waals surface area (Å²) < 4.78 is 1.07. The molecule has 0 saturated carbocycles. The van der Waals surface area contributed by atoms with Crippen LogP contribution in [0.2, 0.25) is 0 Å². The maximum atomic E-state index is 6.83. The maximum absolute atomic E-state index is 6.83. The fourth-order valence-corrected chi connectivity index (χ4v) is 3.76. The van der Waals surface area contributed by atoms with Gasteiger partial charge in [0.1, 0.15) is 0 Å². The molecule has 1 atom stereocenters. The van der Waals surface area contributed by atoms with E-state index in [1.807, 2.05) is 0 Å². The normalized spacial score (nSPS) is 12.6. The van der Waals surface area contributed by atoms with Crippen LogP contribution in [0, 0.1) is 34.6 Å². The Bertz CT molecular complexity index is 633. The predicted molar refractivity (Wildman–Crippen MR) is 92.0 cm³/mol. The third-order valence-electron chi connectivity index (χ3n) is 4.10. The summed E-state index contributed by atoms with van der Waals surface area (Å²) in [5.74, 6) is 0. The highest BCUT2D eigenvalue weighted by Crippen LogP contribution is 2.39. The Morgan fingerprint density at radius 2 is 1.45 bits per heavy atom. The third-order valence-corrected chi connectivity index (χ3v) is 5.28. The van der Waals surface area contributed by atoms with E-state index in [1.54, 1.807) is 0 Å². The Balaban J connectivity index is 2.65. The van der Waals surface area contributed by atoms with Crippen LogP contribution in [0.4, 0.5) is 0 Å². The van der Waals surface area contributed by atoms with E-state index in [-0.39, 0.29) is 5.38 Å². The lowest BCUT2D eigenvalue weighted by Crippen LogP contribution is -2.04. The monoisotopic (exact) mass is 350 g/mol. The molecule has 2 heteroatoms. The van der Waals surface area contributed by atoms with Crippen LogP contribution in [0.15, 0.2) is 28.7 Å². The van der Waals surface area contributed by atoms with Crippen LogP contribution in [-0.4, -0.2) is 0 Å². The molecule has 0 amide bonds. The quantitative estimate of drug-likeness (QED) is 0.555. The van der Waals surface area contributed by atoms with Gasteiger partial charge in [-0.3, -0.25) is 0 Å². The Hall–Kier alpha value is -0.790. The standard InChI is InChI=1S/C18H20BrCl/c1-10-6-7-16(19)15(8-10)18(20)17-13(4)11(2)9-12(3)14(17)5/h6-9,18H,1-5H3. The van der Waals surface area contributed by atoms with Crippen molar-refractivity contribution in [2.24, 2.45) is 0 Å². The zero-order valence-corrected chi connectivity index (χ0v) is 15.0. The summed E-state index contributed by atoms with van der Waals surface area (Å²) >= 11 is 10.5. The molecule has 0 saturated heterocycles. The first-order valence-corrected chi connectivity index (χ1v) is 8.03. The zero-order chi connectivity index (χ0) is 15.0. The van der Waals surface area contributed by atoms with Gasteiger partial charge in [0, 0.05) is 4.47 Å². The topological polar surface area (TPSA) is 0 Å². The highest BCUT2D eigenvalue weighted by molar-refractivity contribution is 9.10. The number of hydrogen-bond acceptors (Lipinski definition) is 0. The van der Waals surface area contributed by atoms with Crippen molar-refractivity contribution in [2.75, 3.05) is 0 Å². The van der Waals surface area contributed by atoms with Gasteiger partial charge >= 0.3 is 0 Å². The molecule has 0 nitrogen and oxygen atoms in total. The van der Waals surface area contributed by atoms with E-state index < -0.39 is 0 Å². The van der Waals surface area contributed by atoms with E-state index >= 15 is 0 Å². The first kappa shape index (κ1) is 15.6. The van der Waals surface area contributed by atoms with Crippen LogP contribution in [0.5, 0.6) is 0 Å². The minimum Gasteiger partial charge on any atom is -0.113 e. The van der Waals surface area contributed by atoms with Gasteiger partial charge in [0.15, 0.2) is 0 Å². The van der Waals surface area contributed by atoms with Crippen molar-refractivity contribution >= 4 is 27.5 Å². The number of rotatable bonds is 2. The smallest absolute Gasteiger partial charge is 0.0851 e. The second-order valence-corrected chi connectivity index (χ2v) is 6.85. The van der Waals surface area contributed by atoms with E-state index in [9.17, 15) is 0 Å². The first-order chi connectivity index (χ1) is 9.32. The molecule has 0 N–H and O–H groups in total. The van der Waals surface area contributed by atoms with Gasteiger partial charge in [-0.25, -0.2) is 0 Å². The molecule has 0 spiro atoms. The van der Waals surface area contributed by atoms with Gasteiger partial charge in [0.05, 0.1) is 5.38 Å². The van der Waals surface area contributed by atoms with E-state index in [1.165, 1.54) is 33.4 Å². The van der Waals surface area contributed by atoms with Crippen molar-refractivity contribution in [2.45, 2.75) is 40.0 Å². The summed E-state index contributed by atoms with van der Waals surface area (Å²) in [7, 11) is 0. The van der Waals surface area contributed by atoms with Gasteiger partial charge in [0.2, 0.25) is 0 Å². The van der Waals surface area contributed by atoms with Gasteiger partial charge in [-0.1, -0.05) is 39.7 Å². The highest BCUT2D eigenvalue weighted by atomic mass is 79.9. The molecular weight excluding hydrogens is 332 g/mol. The summed E-state index contributed by atoms with van der Waals surface area (Å²) in [6, 6.07) is 8.58. The SMILES string of the molecule is Cc1ccc(Br)c(C(Cl)c2c(C)c(C)cc(C)c2C)c1. The molecule has 2 rings (SSSR count). The molecule has 2 aromatic carbocycles. The molecule has 0 aliphatic heterocycles. The Kier molecular flexibility index (Phi) is 4.61. The number of aryl methyl sites for hydroxylation is 3. The van der Waals surface area contributed by atoms with E-state index in [2.05, 4.69) is 74.8 Å². The van der Waals surface area contributed by atoms with Crippen LogP contribution in [0.1, 0.15) is 44.3 Å². The molecule has 0 aliphatic rings. The summed E-state index contributed by atoms with van der Waals surface area (Å²) in [5, 5.41) is -0.122. The fraction of sp³-hybridized carbons (Fsp3) is 0.333. The van der Waals surface area contributed by atoms with E-state index in [0.29, 0.717) is 0 Å². The Labute approximate surface area is 135 Å². The molecule has 0 aliphatic carbocycles. The zero-order valence-electron chi connectivity index (χ0n) is 12.6. The molecular formula is C18H20BrCl. The molecule has 1 unspecified atom stereocenters. The van der Waals surface area contributed by atoms with Crippen molar-refractivity contribution in [3.05, 3.63) is 67.7 Å². The van der Waals surface area contributed by atoms with Crippen LogP contribution in [0.25, 0.3) is 0 Å². The minimum absolute atomic E-state index is 0.122. The fourth-order valence-electron chi connectivity index (χ4n) is 2.64. The average molecular weight is 352 g/mol. The van der Waals surface area contributed by atoms with Gasteiger partial charge < -0.3 is 0 Å². The molecule has 0 radical (unpaired) electrons.